The van der Waals surface area contributed by atoms with Gasteiger partial charge >= 0.3 is 11.9 Å². The highest BCUT2D eigenvalue weighted by atomic mass is 16.5. The zero-order valence-corrected chi connectivity index (χ0v) is 19.4. The fourth-order valence-electron chi connectivity index (χ4n) is 9.97. The van der Waals surface area contributed by atoms with Crippen LogP contribution in [0.15, 0.2) is 60.7 Å². The standard InChI is InChI=1S/C29H28O4/c1-26-20(16-11-7-5-8-12-16)21(17-13-9-6-10-14-17)27(26,2)29(25(31)33-4)23-19-15-18(19)22(23)28(26,29)24(30)32-3/h5-14,18-19,22-23H,15H2,1-4H3/t18-,19+,22+,23-,26-,27+,28-,29+. The Hall–Kier alpha value is -2.88. The predicted molar refractivity (Wildman–Crippen MR) is 123 cm³/mol. The first-order valence-electron chi connectivity index (χ1n) is 11.9. The lowest BCUT2D eigenvalue weighted by Crippen LogP contribution is -2.98. The van der Waals surface area contributed by atoms with Gasteiger partial charge in [0.1, 0.15) is 0 Å². The number of hydrogen-bond donors (Lipinski definition) is 0. The Kier molecular flexibility index (Phi) is 3.32. The number of carbonyl (C=O) groups excluding carboxylic acids is 2. The summed E-state index contributed by atoms with van der Waals surface area (Å²) in [6.07, 6.45) is 1.11. The van der Waals surface area contributed by atoms with Crippen molar-refractivity contribution in [3.8, 4) is 0 Å². The van der Waals surface area contributed by atoms with Gasteiger partial charge in [0.2, 0.25) is 0 Å². The van der Waals surface area contributed by atoms with Crippen LogP contribution in [0, 0.1) is 45.3 Å². The Bertz CT molecular complexity index is 1170. The van der Waals surface area contributed by atoms with Crippen LogP contribution in [0.3, 0.4) is 0 Å². The van der Waals surface area contributed by atoms with E-state index >= 15 is 0 Å². The molecule has 8 atom stereocenters. The summed E-state index contributed by atoms with van der Waals surface area (Å²) in [7, 11) is 2.94. The number of benzene rings is 2. The Balaban J connectivity index is 1.59. The molecule has 0 aliphatic heterocycles. The van der Waals surface area contributed by atoms with E-state index in [1.165, 1.54) is 25.4 Å². The first kappa shape index (κ1) is 19.6. The van der Waals surface area contributed by atoms with Crippen LogP contribution in [-0.2, 0) is 19.1 Å². The zero-order chi connectivity index (χ0) is 23.0. The molecule has 4 nitrogen and oxygen atoms in total. The molecule has 2 aromatic rings. The lowest BCUT2D eigenvalue weighted by molar-refractivity contribution is -0.421. The highest BCUT2D eigenvalue weighted by molar-refractivity contribution is 6.16. The van der Waals surface area contributed by atoms with Crippen LogP contribution in [0.2, 0.25) is 0 Å². The van der Waals surface area contributed by atoms with Gasteiger partial charge in [0, 0.05) is 10.8 Å². The van der Waals surface area contributed by atoms with E-state index in [9.17, 15) is 9.59 Å². The quantitative estimate of drug-likeness (QED) is 0.504. The summed E-state index contributed by atoms with van der Waals surface area (Å²) in [6.45, 7) is 4.43. The maximum Gasteiger partial charge on any atom is 0.314 e. The monoisotopic (exact) mass is 440 g/mol. The van der Waals surface area contributed by atoms with Crippen LogP contribution >= 0.6 is 0 Å². The number of ether oxygens (including phenoxy) is 2. The number of carbonyl (C=O) groups is 2. The molecule has 168 valence electrons. The van der Waals surface area contributed by atoms with Gasteiger partial charge in [0.05, 0.1) is 25.0 Å². The summed E-state index contributed by atoms with van der Waals surface area (Å²) in [6, 6.07) is 20.7. The fraction of sp³-hybridized carbons (Fsp3) is 0.448. The van der Waals surface area contributed by atoms with E-state index in [0.29, 0.717) is 11.8 Å². The Labute approximate surface area is 194 Å². The summed E-state index contributed by atoms with van der Waals surface area (Å²) in [4.78, 5) is 27.7. The highest BCUT2D eigenvalue weighted by Gasteiger charge is 3.08. The lowest BCUT2D eigenvalue weighted by Gasteiger charge is -2.94. The van der Waals surface area contributed by atoms with Gasteiger partial charge in [-0.1, -0.05) is 74.5 Å². The molecule has 4 saturated carbocycles. The van der Waals surface area contributed by atoms with Crippen molar-refractivity contribution in [2.45, 2.75) is 20.3 Å². The molecule has 0 unspecified atom stereocenters. The number of hydrogen-bond acceptors (Lipinski definition) is 4. The summed E-state index contributed by atoms with van der Waals surface area (Å²) in [5.41, 5.74) is 1.84. The molecule has 0 aromatic heterocycles. The lowest BCUT2D eigenvalue weighted by atomic mass is 9.05. The topological polar surface area (TPSA) is 52.6 Å². The third-order valence-corrected chi connectivity index (χ3v) is 10.8. The van der Waals surface area contributed by atoms with Gasteiger partial charge in [-0.3, -0.25) is 9.59 Å². The van der Waals surface area contributed by atoms with Gasteiger partial charge in [-0.25, -0.2) is 0 Å². The Morgan fingerprint density at radius 3 is 1.39 bits per heavy atom. The number of allylic oxidation sites excluding steroid dienone is 2. The zero-order valence-electron chi connectivity index (χ0n) is 19.4. The van der Waals surface area contributed by atoms with E-state index in [2.05, 4.69) is 38.1 Å². The van der Waals surface area contributed by atoms with Crippen molar-refractivity contribution >= 4 is 23.1 Å². The smallest absolute Gasteiger partial charge is 0.314 e. The number of fused-ring (bicyclic) bond motifs is 10. The first-order chi connectivity index (χ1) is 15.9. The average Bonchev–Trinajstić information content (AvgIpc) is 3.53. The maximum atomic E-state index is 13.9. The third-order valence-electron chi connectivity index (χ3n) is 10.8. The summed E-state index contributed by atoms with van der Waals surface area (Å²) >= 11 is 0. The van der Waals surface area contributed by atoms with E-state index in [4.69, 9.17) is 9.47 Å². The summed E-state index contributed by atoms with van der Waals surface area (Å²) in [5, 5.41) is 0. The molecule has 5 aliphatic carbocycles. The minimum atomic E-state index is -0.873. The highest BCUT2D eigenvalue weighted by Crippen LogP contribution is 3.05. The van der Waals surface area contributed by atoms with Crippen LogP contribution in [0.1, 0.15) is 31.4 Å². The van der Waals surface area contributed by atoms with Gasteiger partial charge in [0.25, 0.3) is 0 Å². The number of methoxy groups -OCH3 is 2. The van der Waals surface area contributed by atoms with E-state index in [0.717, 1.165) is 17.5 Å². The number of rotatable bonds is 4. The molecular formula is C29H28O4. The molecule has 2 aromatic carbocycles. The molecule has 33 heavy (non-hydrogen) atoms. The molecule has 0 saturated heterocycles. The fourth-order valence-corrected chi connectivity index (χ4v) is 9.97. The van der Waals surface area contributed by atoms with E-state index in [1.807, 2.05) is 36.4 Å². The average molecular weight is 441 g/mol. The van der Waals surface area contributed by atoms with E-state index in [1.54, 1.807) is 0 Å². The molecule has 0 amide bonds. The number of esters is 2. The van der Waals surface area contributed by atoms with Crippen molar-refractivity contribution in [3.63, 3.8) is 0 Å². The van der Waals surface area contributed by atoms with E-state index in [-0.39, 0.29) is 23.8 Å². The van der Waals surface area contributed by atoms with Crippen molar-refractivity contribution in [3.05, 3.63) is 71.8 Å². The molecule has 0 radical (unpaired) electrons. The van der Waals surface area contributed by atoms with Crippen LogP contribution < -0.4 is 0 Å². The van der Waals surface area contributed by atoms with Gasteiger partial charge < -0.3 is 9.47 Å². The van der Waals surface area contributed by atoms with Crippen molar-refractivity contribution in [1.29, 1.82) is 0 Å². The minimum absolute atomic E-state index is 0.197. The maximum absolute atomic E-state index is 13.9. The second-order valence-corrected chi connectivity index (χ2v) is 10.9. The second kappa shape index (κ2) is 5.60. The molecule has 4 fully saturated rings. The summed E-state index contributed by atoms with van der Waals surface area (Å²) in [5.74, 6) is 0.989. The minimum Gasteiger partial charge on any atom is -0.469 e. The largest absolute Gasteiger partial charge is 0.469 e. The normalized spacial score (nSPS) is 44.8. The molecule has 0 spiro atoms. The van der Waals surface area contributed by atoms with Gasteiger partial charge in [-0.05, 0) is 52.4 Å². The first-order valence-corrected chi connectivity index (χ1v) is 11.9. The molecular weight excluding hydrogens is 412 g/mol. The molecule has 5 aliphatic rings. The van der Waals surface area contributed by atoms with Gasteiger partial charge in [0.15, 0.2) is 0 Å². The van der Waals surface area contributed by atoms with E-state index < -0.39 is 21.7 Å². The Morgan fingerprint density at radius 1 is 0.697 bits per heavy atom. The third kappa shape index (κ3) is 1.51. The predicted octanol–water partition coefficient (Wildman–Crippen LogP) is 4.85. The van der Waals surface area contributed by atoms with Crippen molar-refractivity contribution in [2.24, 2.45) is 45.3 Å². The van der Waals surface area contributed by atoms with Crippen molar-refractivity contribution in [1.82, 2.24) is 0 Å². The Morgan fingerprint density at radius 2 is 1.06 bits per heavy atom. The summed E-state index contributed by atoms with van der Waals surface area (Å²) < 4.78 is 11.1. The van der Waals surface area contributed by atoms with Crippen molar-refractivity contribution in [2.75, 3.05) is 14.2 Å². The van der Waals surface area contributed by atoms with Crippen LogP contribution in [0.25, 0.3) is 11.1 Å². The van der Waals surface area contributed by atoms with Gasteiger partial charge in [-0.15, -0.1) is 0 Å². The molecule has 4 heteroatoms. The van der Waals surface area contributed by atoms with Crippen molar-refractivity contribution < 1.29 is 19.1 Å². The van der Waals surface area contributed by atoms with Gasteiger partial charge in [-0.2, -0.15) is 0 Å². The SMILES string of the molecule is COC(=O)[C@@]12[C@H]3[C@@H]4C[C@@H]4[C@H]3[C@]1(C(=O)OC)[C@@]1(C)C(c3ccccc3)=C(c3ccccc3)[C@]12C. The van der Waals surface area contributed by atoms with Crippen LogP contribution in [-0.4, -0.2) is 26.2 Å². The van der Waals surface area contributed by atoms with Crippen LogP contribution in [0.4, 0.5) is 0 Å². The molecule has 0 heterocycles. The molecule has 0 bridgehead atoms. The second-order valence-electron chi connectivity index (χ2n) is 10.9. The molecule has 7 rings (SSSR count). The molecule has 0 N–H and O–H groups in total. The van der Waals surface area contributed by atoms with Crippen LogP contribution in [0.5, 0.6) is 0 Å².